The molecular weight excluding hydrogens is 156 g/mol. The Morgan fingerprint density at radius 3 is 2.31 bits per heavy atom. The topological polar surface area (TPSA) is 0 Å². The predicted molar refractivity (Wildman–Crippen MR) is 57.6 cm³/mol. The smallest absolute Gasteiger partial charge is 0.0360 e. The first kappa shape index (κ1) is 9.55. The Balaban J connectivity index is 1.71. The van der Waals surface area contributed by atoms with Gasteiger partial charge in [-0.05, 0) is 36.5 Å². The van der Waals surface area contributed by atoms with Gasteiger partial charge in [-0.15, -0.1) is 0 Å². The van der Waals surface area contributed by atoms with E-state index in [1.807, 2.05) is 0 Å². The number of rotatable bonds is 5. The van der Waals surface area contributed by atoms with E-state index in [9.17, 15) is 0 Å². The Labute approximate surface area is 83.1 Å². The van der Waals surface area contributed by atoms with Crippen molar-refractivity contribution in [2.45, 2.75) is 58.8 Å². The summed E-state index contributed by atoms with van der Waals surface area (Å²) < 4.78 is 0. The van der Waals surface area contributed by atoms with E-state index in [1.54, 1.807) is 6.42 Å². The van der Waals surface area contributed by atoms with Gasteiger partial charge in [-0.1, -0.05) is 46.0 Å². The third kappa shape index (κ3) is 2.27. The lowest BCUT2D eigenvalue weighted by Gasteiger charge is -2.40. The Kier molecular flexibility index (Phi) is 2.96. The van der Waals surface area contributed by atoms with Gasteiger partial charge in [0.05, 0.1) is 0 Å². The van der Waals surface area contributed by atoms with Crippen LogP contribution >= 0.6 is 0 Å². The van der Waals surface area contributed by atoms with Crippen LogP contribution < -0.4 is 0 Å². The second-order valence-corrected chi connectivity index (χ2v) is 5.41. The highest BCUT2D eigenvalue weighted by Gasteiger charge is 2.33. The molecule has 0 aliphatic heterocycles. The lowest BCUT2D eigenvalue weighted by molar-refractivity contribution is 0.107. The Morgan fingerprint density at radius 1 is 1.15 bits per heavy atom. The van der Waals surface area contributed by atoms with Crippen LogP contribution in [0.3, 0.4) is 0 Å². The molecule has 2 aliphatic rings. The van der Waals surface area contributed by atoms with Crippen LogP contribution in [-0.4, -0.2) is 0 Å². The summed E-state index contributed by atoms with van der Waals surface area (Å²) in [5.41, 5.74) is 0. The highest BCUT2D eigenvalue weighted by Crippen LogP contribution is 2.44. The quantitative estimate of drug-likeness (QED) is 0.593. The minimum atomic E-state index is 1.05. The lowest BCUT2D eigenvalue weighted by Crippen LogP contribution is -2.30. The van der Waals surface area contributed by atoms with E-state index in [2.05, 4.69) is 13.8 Å². The first-order valence-electron chi connectivity index (χ1n) is 6.31. The molecule has 0 spiro atoms. The van der Waals surface area contributed by atoms with Crippen LogP contribution in [-0.2, 0) is 0 Å². The molecule has 3 unspecified atom stereocenters. The van der Waals surface area contributed by atoms with E-state index in [1.165, 1.54) is 38.5 Å². The fourth-order valence-electron chi connectivity index (χ4n) is 2.97. The van der Waals surface area contributed by atoms with Gasteiger partial charge in [0.1, 0.15) is 0 Å². The van der Waals surface area contributed by atoms with Crippen LogP contribution in [0.5, 0.6) is 0 Å². The molecule has 2 saturated carbocycles. The average molecular weight is 180 g/mol. The summed E-state index contributed by atoms with van der Waals surface area (Å²) in [4.78, 5) is 0. The standard InChI is InChI=1S/C13H24/c1-3-12(8-7-11-5-6-11)13-9-4-10(13)2/h10-13H,3-9H2,1-2H3. The molecule has 76 valence electrons. The molecule has 2 rings (SSSR count). The van der Waals surface area contributed by atoms with Crippen molar-refractivity contribution < 1.29 is 0 Å². The molecule has 0 amide bonds. The zero-order valence-corrected chi connectivity index (χ0v) is 9.26. The molecule has 0 bridgehead atoms. The van der Waals surface area contributed by atoms with Crippen LogP contribution in [0.1, 0.15) is 58.8 Å². The molecule has 0 heterocycles. The van der Waals surface area contributed by atoms with Crippen molar-refractivity contribution in [1.29, 1.82) is 0 Å². The first-order valence-corrected chi connectivity index (χ1v) is 6.31. The molecule has 0 saturated heterocycles. The maximum absolute atomic E-state index is 2.45. The Hall–Kier alpha value is 0. The molecular formula is C13H24. The third-order valence-electron chi connectivity index (χ3n) is 4.46. The minimum absolute atomic E-state index is 1.05. The molecule has 2 aliphatic carbocycles. The van der Waals surface area contributed by atoms with Gasteiger partial charge in [0, 0.05) is 0 Å². The molecule has 2 fully saturated rings. The summed E-state index contributed by atoms with van der Waals surface area (Å²) >= 11 is 0. The molecule has 0 aromatic heterocycles. The summed E-state index contributed by atoms with van der Waals surface area (Å²) in [6.45, 7) is 4.84. The Morgan fingerprint density at radius 2 is 1.92 bits per heavy atom. The minimum Gasteiger partial charge on any atom is -0.0651 e. The second-order valence-electron chi connectivity index (χ2n) is 5.41. The van der Waals surface area contributed by atoms with E-state index in [4.69, 9.17) is 0 Å². The molecule has 0 aromatic carbocycles. The van der Waals surface area contributed by atoms with Crippen LogP contribution in [0, 0.1) is 23.7 Å². The van der Waals surface area contributed by atoms with E-state index in [0.717, 1.165) is 23.7 Å². The molecule has 3 atom stereocenters. The molecule has 0 N–H and O–H groups in total. The van der Waals surface area contributed by atoms with Crippen LogP contribution in [0.4, 0.5) is 0 Å². The SMILES string of the molecule is CCC(CCC1CC1)C1CCC1C. The van der Waals surface area contributed by atoms with Gasteiger partial charge in [-0.3, -0.25) is 0 Å². The van der Waals surface area contributed by atoms with E-state index in [0.29, 0.717) is 0 Å². The van der Waals surface area contributed by atoms with Gasteiger partial charge >= 0.3 is 0 Å². The predicted octanol–water partition coefficient (Wildman–Crippen LogP) is 4.25. The number of hydrogen-bond donors (Lipinski definition) is 0. The van der Waals surface area contributed by atoms with Crippen molar-refractivity contribution in [3.8, 4) is 0 Å². The maximum Gasteiger partial charge on any atom is -0.0360 e. The first-order chi connectivity index (χ1) is 6.31. The van der Waals surface area contributed by atoms with Gasteiger partial charge in [0.15, 0.2) is 0 Å². The summed E-state index contributed by atoms with van der Waals surface area (Å²) in [5.74, 6) is 4.36. The van der Waals surface area contributed by atoms with Gasteiger partial charge in [-0.25, -0.2) is 0 Å². The lowest BCUT2D eigenvalue weighted by atomic mass is 9.66. The second kappa shape index (κ2) is 4.02. The highest BCUT2D eigenvalue weighted by atomic mass is 14.4. The Bertz CT molecular complexity index is 157. The van der Waals surface area contributed by atoms with Crippen molar-refractivity contribution in [3.05, 3.63) is 0 Å². The van der Waals surface area contributed by atoms with E-state index in [-0.39, 0.29) is 0 Å². The van der Waals surface area contributed by atoms with Crippen LogP contribution in [0.2, 0.25) is 0 Å². The van der Waals surface area contributed by atoms with Crippen molar-refractivity contribution in [2.24, 2.45) is 23.7 Å². The summed E-state index contributed by atoms with van der Waals surface area (Å²) in [7, 11) is 0. The normalized spacial score (nSPS) is 35.5. The van der Waals surface area contributed by atoms with E-state index < -0.39 is 0 Å². The van der Waals surface area contributed by atoms with Crippen LogP contribution in [0.25, 0.3) is 0 Å². The van der Waals surface area contributed by atoms with Crippen molar-refractivity contribution in [1.82, 2.24) is 0 Å². The fraction of sp³-hybridized carbons (Fsp3) is 1.00. The molecule has 0 nitrogen and oxygen atoms in total. The van der Waals surface area contributed by atoms with Gasteiger partial charge in [0.25, 0.3) is 0 Å². The molecule has 0 aromatic rings. The average Bonchev–Trinajstić information content (AvgIpc) is 2.92. The largest absolute Gasteiger partial charge is 0.0651 e. The number of hydrogen-bond acceptors (Lipinski definition) is 0. The monoisotopic (exact) mass is 180 g/mol. The summed E-state index contributed by atoms with van der Waals surface area (Å²) in [6, 6.07) is 0. The van der Waals surface area contributed by atoms with Gasteiger partial charge in [-0.2, -0.15) is 0 Å². The zero-order chi connectivity index (χ0) is 9.26. The fourth-order valence-corrected chi connectivity index (χ4v) is 2.97. The van der Waals surface area contributed by atoms with Crippen molar-refractivity contribution >= 4 is 0 Å². The van der Waals surface area contributed by atoms with Crippen molar-refractivity contribution in [3.63, 3.8) is 0 Å². The van der Waals surface area contributed by atoms with Gasteiger partial charge in [0.2, 0.25) is 0 Å². The molecule has 13 heavy (non-hydrogen) atoms. The van der Waals surface area contributed by atoms with Crippen LogP contribution in [0.15, 0.2) is 0 Å². The highest BCUT2D eigenvalue weighted by molar-refractivity contribution is 4.84. The van der Waals surface area contributed by atoms with E-state index >= 15 is 0 Å². The summed E-state index contributed by atoms with van der Waals surface area (Å²) in [6.07, 6.45) is 10.6. The van der Waals surface area contributed by atoms with Crippen molar-refractivity contribution in [2.75, 3.05) is 0 Å². The maximum atomic E-state index is 2.45. The summed E-state index contributed by atoms with van der Waals surface area (Å²) in [5, 5.41) is 0. The molecule has 0 heteroatoms. The molecule has 0 radical (unpaired) electrons. The van der Waals surface area contributed by atoms with Gasteiger partial charge < -0.3 is 0 Å². The third-order valence-corrected chi connectivity index (χ3v) is 4.46. The zero-order valence-electron chi connectivity index (χ0n) is 9.26.